The van der Waals surface area contributed by atoms with Gasteiger partial charge in [0.1, 0.15) is 5.82 Å². The summed E-state index contributed by atoms with van der Waals surface area (Å²) in [5.74, 6) is 0.913. The number of hydrogen-bond acceptors (Lipinski definition) is 4. The Morgan fingerprint density at radius 3 is 3.06 bits per heavy atom. The highest BCUT2D eigenvalue weighted by Crippen LogP contribution is 1.97. The summed E-state index contributed by atoms with van der Waals surface area (Å²) in [7, 11) is 1.61. The van der Waals surface area contributed by atoms with Crippen molar-refractivity contribution in [1.82, 2.24) is 20.2 Å². The molecule has 0 fully saturated rings. The van der Waals surface area contributed by atoms with E-state index < -0.39 is 0 Å². The molecule has 0 saturated carbocycles. The van der Waals surface area contributed by atoms with E-state index in [2.05, 4.69) is 22.5 Å². The number of nitrogens with zero attached hydrogens (tertiary/aromatic N) is 2. The molecule has 0 aliphatic carbocycles. The zero-order valence-corrected chi connectivity index (χ0v) is 11.3. The van der Waals surface area contributed by atoms with Crippen LogP contribution in [0.2, 0.25) is 0 Å². The molecule has 6 heteroatoms. The van der Waals surface area contributed by atoms with Gasteiger partial charge in [0.2, 0.25) is 5.91 Å². The minimum Gasteiger partial charge on any atom is -0.383 e. The lowest BCUT2D eigenvalue weighted by Gasteiger charge is -2.14. The lowest BCUT2D eigenvalue weighted by atomic mass is 10.3. The number of aryl methyl sites for hydroxylation is 1. The van der Waals surface area contributed by atoms with Gasteiger partial charge >= 0.3 is 0 Å². The monoisotopic (exact) mass is 254 g/mol. The number of rotatable bonds is 8. The van der Waals surface area contributed by atoms with Crippen molar-refractivity contribution >= 4 is 5.91 Å². The second kappa shape index (κ2) is 7.84. The van der Waals surface area contributed by atoms with Crippen molar-refractivity contribution in [1.29, 1.82) is 0 Å². The number of carbonyl (C=O) groups excluding carboxylic acids is 1. The van der Waals surface area contributed by atoms with Crippen molar-refractivity contribution in [3.63, 3.8) is 0 Å². The minimum absolute atomic E-state index is 0.0262. The van der Waals surface area contributed by atoms with E-state index >= 15 is 0 Å². The van der Waals surface area contributed by atoms with Crippen LogP contribution in [0.25, 0.3) is 0 Å². The van der Waals surface area contributed by atoms with Crippen LogP contribution in [-0.4, -0.2) is 41.8 Å². The Labute approximate surface area is 108 Å². The van der Waals surface area contributed by atoms with Crippen LogP contribution in [0, 0.1) is 0 Å². The van der Waals surface area contributed by atoms with Crippen molar-refractivity contribution in [2.75, 3.05) is 20.3 Å². The Hall–Kier alpha value is -1.40. The summed E-state index contributed by atoms with van der Waals surface area (Å²) in [5.41, 5.74) is 0. The first-order chi connectivity index (χ1) is 8.69. The highest BCUT2D eigenvalue weighted by Gasteiger charge is 2.12. The van der Waals surface area contributed by atoms with Crippen LogP contribution in [0.15, 0.2) is 12.4 Å². The summed E-state index contributed by atoms with van der Waals surface area (Å²) in [6.07, 6.45) is 3.70. The van der Waals surface area contributed by atoms with Crippen molar-refractivity contribution in [2.45, 2.75) is 33.0 Å². The lowest BCUT2D eigenvalue weighted by Crippen LogP contribution is -2.43. The van der Waals surface area contributed by atoms with Gasteiger partial charge in [-0.1, -0.05) is 0 Å². The number of amides is 1. The van der Waals surface area contributed by atoms with E-state index in [0.717, 1.165) is 12.4 Å². The quantitative estimate of drug-likeness (QED) is 0.648. The first-order valence-electron chi connectivity index (χ1n) is 6.19. The molecule has 18 heavy (non-hydrogen) atoms. The first-order valence-corrected chi connectivity index (χ1v) is 6.19. The third-order valence-corrected chi connectivity index (χ3v) is 2.71. The third kappa shape index (κ3) is 4.46. The molecule has 0 bridgehead atoms. The largest absolute Gasteiger partial charge is 0.383 e. The van der Waals surface area contributed by atoms with Gasteiger partial charge in [0.05, 0.1) is 19.2 Å². The SMILES string of the molecule is CCn1ccnc1CNC(C)C(=O)NCCOC. The maximum atomic E-state index is 11.7. The van der Waals surface area contributed by atoms with Crippen LogP contribution >= 0.6 is 0 Å². The standard InChI is InChI=1S/C12H22N4O2/c1-4-16-7-5-13-11(16)9-15-10(2)12(17)14-6-8-18-3/h5,7,10,15H,4,6,8-9H2,1-3H3,(H,14,17). The normalized spacial score (nSPS) is 12.4. The van der Waals surface area contributed by atoms with Crippen LogP contribution in [0.1, 0.15) is 19.7 Å². The summed E-state index contributed by atoms with van der Waals surface area (Å²) >= 11 is 0. The predicted molar refractivity (Wildman–Crippen MR) is 69.1 cm³/mol. The van der Waals surface area contributed by atoms with Crippen molar-refractivity contribution in [3.8, 4) is 0 Å². The third-order valence-electron chi connectivity index (χ3n) is 2.71. The van der Waals surface area contributed by atoms with Gasteiger partial charge in [0.15, 0.2) is 0 Å². The molecule has 0 aliphatic rings. The van der Waals surface area contributed by atoms with Crippen LogP contribution in [0.5, 0.6) is 0 Å². The number of ether oxygens (including phenoxy) is 1. The molecule has 1 atom stereocenters. The van der Waals surface area contributed by atoms with E-state index in [0.29, 0.717) is 19.7 Å². The molecule has 1 heterocycles. The van der Waals surface area contributed by atoms with Gasteiger partial charge in [-0.25, -0.2) is 4.98 Å². The molecular weight excluding hydrogens is 232 g/mol. The summed E-state index contributed by atoms with van der Waals surface area (Å²) in [5, 5.41) is 5.94. The van der Waals surface area contributed by atoms with E-state index in [1.165, 1.54) is 0 Å². The molecule has 1 aromatic rings. The van der Waals surface area contributed by atoms with Crippen molar-refractivity contribution < 1.29 is 9.53 Å². The number of hydrogen-bond donors (Lipinski definition) is 2. The number of carbonyl (C=O) groups is 1. The summed E-state index contributed by atoms with van der Waals surface area (Å²) < 4.78 is 6.92. The van der Waals surface area contributed by atoms with E-state index in [4.69, 9.17) is 4.74 Å². The van der Waals surface area contributed by atoms with Crippen LogP contribution in [0.4, 0.5) is 0 Å². The minimum atomic E-state index is -0.246. The molecule has 0 radical (unpaired) electrons. The van der Waals surface area contributed by atoms with Crippen LogP contribution in [0.3, 0.4) is 0 Å². The fourth-order valence-electron chi connectivity index (χ4n) is 1.56. The molecule has 0 spiro atoms. The number of aromatic nitrogens is 2. The zero-order valence-electron chi connectivity index (χ0n) is 11.3. The molecule has 102 valence electrons. The Bertz CT molecular complexity index is 365. The first kappa shape index (κ1) is 14.7. The predicted octanol–water partition coefficient (Wildman–Crippen LogP) is 0.144. The number of imidazole rings is 1. The van der Waals surface area contributed by atoms with E-state index in [1.54, 1.807) is 13.3 Å². The average molecular weight is 254 g/mol. The molecule has 6 nitrogen and oxygen atoms in total. The number of nitrogens with one attached hydrogen (secondary N) is 2. The van der Waals surface area contributed by atoms with Crippen LogP contribution < -0.4 is 10.6 Å². The van der Waals surface area contributed by atoms with Gasteiger partial charge in [0.25, 0.3) is 0 Å². The molecule has 1 unspecified atom stereocenters. The average Bonchev–Trinajstić information content (AvgIpc) is 2.83. The fraction of sp³-hybridized carbons (Fsp3) is 0.667. The molecular formula is C12H22N4O2. The Morgan fingerprint density at radius 2 is 2.39 bits per heavy atom. The molecule has 0 saturated heterocycles. The molecule has 0 aromatic carbocycles. The fourth-order valence-corrected chi connectivity index (χ4v) is 1.56. The smallest absolute Gasteiger partial charge is 0.236 e. The molecule has 1 aromatic heterocycles. The maximum Gasteiger partial charge on any atom is 0.236 e. The second-order valence-electron chi connectivity index (χ2n) is 4.02. The van der Waals surface area contributed by atoms with Gasteiger partial charge in [0, 0.05) is 32.6 Å². The Kier molecular flexibility index (Phi) is 6.38. The molecule has 1 amide bonds. The van der Waals surface area contributed by atoms with Gasteiger partial charge in [-0.3, -0.25) is 10.1 Å². The molecule has 1 rings (SSSR count). The summed E-state index contributed by atoms with van der Waals surface area (Å²) in [6.45, 7) is 6.42. The Morgan fingerprint density at radius 1 is 1.61 bits per heavy atom. The van der Waals surface area contributed by atoms with Gasteiger partial charge in [-0.15, -0.1) is 0 Å². The summed E-state index contributed by atoms with van der Waals surface area (Å²) in [6, 6.07) is -0.246. The van der Waals surface area contributed by atoms with Gasteiger partial charge in [-0.2, -0.15) is 0 Å². The zero-order chi connectivity index (χ0) is 13.4. The van der Waals surface area contributed by atoms with Gasteiger partial charge in [-0.05, 0) is 13.8 Å². The van der Waals surface area contributed by atoms with Crippen molar-refractivity contribution in [2.24, 2.45) is 0 Å². The second-order valence-corrected chi connectivity index (χ2v) is 4.02. The number of methoxy groups -OCH3 is 1. The van der Waals surface area contributed by atoms with Crippen LogP contribution in [-0.2, 0) is 22.6 Å². The maximum absolute atomic E-state index is 11.7. The van der Waals surface area contributed by atoms with E-state index in [1.807, 2.05) is 17.7 Å². The summed E-state index contributed by atoms with van der Waals surface area (Å²) in [4.78, 5) is 15.9. The molecule has 0 aliphatic heterocycles. The van der Waals surface area contributed by atoms with E-state index in [-0.39, 0.29) is 11.9 Å². The topological polar surface area (TPSA) is 68.2 Å². The highest BCUT2D eigenvalue weighted by atomic mass is 16.5. The lowest BCUT2D eigenvalue weighted by molar-refractivity contribution is -0.123. The Balaban J connectivity index is 2.32. The van der Waals surface area contributed by atoms with E-state index in [9.17, 15) is 4.79 Å². The molecule has 2 N–H and O–H groups in total. The highest BCUT2D eigenvalue weighted by molar-refractivity contribution is 5.81. The van der Waals surface area contributed by atoms with Gasteiger partial charge < -0.3 is 14.6 Å². The van der Waals surface area contributed by atoms with Crippen molar-refractivity contribution in [3.05, 3.63) is 18.2 Å².